The molecule has 84 valence electrons. The van der Waals surface area contributed by atoms with Gasteiger partial charge in [0.15, 0.2) is 0 Å². The van der Waals surface area contributed by atoms with E-state index >= 15 is 0 Å². The summed E-state index contributed by atoms with van der Waals surface area (Å²) in [5.74, 6) is 6.25. The quantitative estimate of drug-likeness (QED) is 0.385. The van der Waals surface area contributed by atoms with Crippen LogP contribution in [0.3, 0.4) is 0 Å². The third kappa shape index (κ3) is 8.03. The standard InChI is InChI=1S/C14H22O/c1-4-6-7-8-10-13(3)11-14(12-15)9-5-2/h5,10,14-15H,2,7-9,11-12H2,1,3H3. The van der Waals surface area contributed by atoms with Gasteiger partial charge < -0.3 is 5.11 Å². The van der Waals surface area contributed by atoms with Gasteiger partial charge in [-0.1, -0.05) is 17.7 Å². The lowest BCUT2D eigenvalue weighted by molar-refractivity contribution is 0.226. The van der Waals surface area contributed by atoms with Gasteiger partial charge in [-0.2, -0.15) is 0 Å². The Kier molecular flexibility index (Phi) is 8.91. The minimum atomic E-state index is 0.242. The van der Waals surface area contributed by atoms with Crippen molar-refractivity contribution in [3.8, 4) is 11.8 Å². The molecule has 0 fully saturated rings. The summed E-state index contributed by atoms with van der Waals surface area (Å²) in [5.41, 5.74) is 1.34. The molecule has 0 aliphatic rings. The maximum absolute atomic E-state index is 9.12. The fraction of sp³-hybridized carbons (Fsp3) is 0.571. The summed E-state index contributed by atoms with van der Waals surface area (Å²) in [6, 6.07) is 0. The zero-order chi connectivity index (χ0) is 11.5. The monoisotopic (exact) mass is 206 g/mol. The molecule has 0 aliphatic heterocycles. The molecule has 0 amide bonds. The van der Waals surface area contributed by atoms with Gasteiger partial charge in [0.2, 0.25) is 0 Å². The van der Waals surface area contributed by atoms with Crippen LogP contribution in [-0.2, 0) is 0 Å². The molecule has 1 N–H and O–H groups in total. The van der Waals surface area contributed by atoms with Crippen molar-refractivity contribution >= 4 is 0 Å². The van der Waals surface area contributed by atoms with Crippen molar-refractivity contribution in [2.24, 2.45) is 5.92 Å². The van der Waals surface area contributed by atoms with Crippen LogP contribution >= 0.6 is 0 Å². The van der Waals surface area contributed by atoms with Crippen molar-refractivity contribution in [1.82, 2.24) is 0 Å². The molecule has 1 atom stereocenters. The number of hydrogen-bond acceptors (Lipinski definition) is 1. The molecule has 0 radical (unpaired) electrons. The van der Waals surface area contributed by atoms with E-state index in [-0.39, 0.29) is 6.61 Å². The van der Waals surface area contributed by atoms with Crippen molar-refractivity contribution in [1.29, 1.82) is 0 Å². The van der Waals surface area contributed by atoms with Gasteiger partial charge in [-0.15, -0.1) is 18.4 Å². The molecule has 0 aromatic carbocycles. The van der Waals surface area contributed by atoms with Gasteiger partial charge in [0, 0.05) is 13.0 Å². The maximum Gasteiger partial charge on any atom is 0.0465 e. The molecule has 0 heterocycles. The Morgan fingerprint density at radius 3 is 2.80 bits per heavy atom. The molecule has 0 saturated carbocycles. The maximum atomic E-state index is 9.12. The Labute approximate surface area is 93.9 Å². The molecule has 0 aromatic rings. The predicted molar refractivity (Wildman–Crippen MR) is 66.4 cm³/mol. The van der Waals surface area contributed by atoms with E-state index in [1.54, 1.807) is 0 Å². The molecule has 0 spiro atoms. The molecule has 1 unspecified atom stereocenters. The molecule has 0 saturated heterocycles. The third-order valence-electron chi connectivity index (χ3n) is 2.31. The molecular weight excluding hydrogens is 184 g/mol. The van der Waals surface area contributed by atoms with E-state index in [0.717, 1.165) is 25.7 Å². The van der Waals surface area contributed by atoms with Crippen molar-refractivity contribution in [3.63, 3.8) is 0 Å². The summed E-state index contributed by atoms with van der Waals surface area (Å²) >= 11 is 0. The van der Waals surface area contributed by atoms with Gasteiger partial charge in [-0.05, 0) is 39.0 Å². The molecule has 0 bridgehead atoms. The van der Waals surface area contributed by atoms with Gasteiger partial charge in [-0.3, -0.25) is 0 Å². The van der Waals surface area contributed by atoms with Crippen LogP contribution < -0.4 is 0 Å². The number of rotatable bonds is 7. The first-order valence-electron chi connectivity index (χ1n) is 5.51. The first-order chi connectivity index (χ1) is 7.24. The highest BCUT2D eigenvalue weighted by molar-refractivity contribution is 5.03. The van der Waals surface area contributed by atoms with Crippen LogP contribution in [0.1, 0.15) is 39.5 Å². The summed E-state index contributed by atoms with van der Waals surface area (Å²) in [4.78, 5) is 0. The zero-order valence-corrected chi connectivity index (χ0v) is 9.92. The number of aliphatic hydroxyl groups is 1. The fourth-order valence-corrected chi connectivity index (χ4v) is 1.51. The summed E-state index contributed by atoms with van der Waals surface area (Å²) in [6.07, 6.45) is 7.88. The van der Waals surface area contributed by atoms with Crippen molar-refractivity contribution in [2.75, 3.05) is 6.61 Å². The van der Waals surface area contributed by atoms with Gasteiger partial charge >= 0.3 is 0 Å². The highest BCUT2D eigenvalue weighted by Crippen LogP contribution is 2.15. The van der Waals surface area contributed by atoms with Crippen molar-refractivity contribution in [2.45, 2.75) is 39.5 Å². The first kappa shape index (κ1) is 14.0. The summed E-state index contributed by atoms with van der Waals surface area (Å²) in [5, 5.41) is 9.12. The Hall–Kier alpha value is -1.00. The second kappa shape index (κ2) is 9.55. The highest BCUT2D eigenvalue weighted by atomic mass is 16.3. The molecule has 0 aliphatic carbocycles. The van der Waals surface area contributed by atoms with Gasteiger partial charge in [0.05, 0.1) is 0 Å². The molecular formula is C14H22O. The van der Waals surface area contributed by atoms with Crippen LogP contribution in [-0.4, -0.2) is 11.7 Å². The highest BCUT2D eigenvalue weighted by Gasteiger charge is 2.05. The largest absolute Gasteiger partial charge is 0.396 e. The SMILES string of the molecule is C=CCC(CO)CC(C)=CCCC#CC. The molecule has 1 nitrogen and oxygen atoms in total. The van der Waals surface area contributed by atoms with Crippen LogP contribution in [0.25, 0.3) is 0 Å². The van der Waals surface area contributed by atoms with Gasteiger partial charge in [0.25, 0.3) is 0 Å². The normalized spacial score (nSPS) is 12.9. The van der Waals surface area contributed by atoms with Crippen molar-refractivity contribution in [3.05, 3.63) is 24.3 Å². The van der Waals surface area contributed by atoms with Crippen molar-refractivity contribution < 1.29 is 5.11 Å². The Morgan fingerprint density at radius 1 is 1.53 bits per heavy atom. The van der Waals surface area contributed by atoms with Crippen LogP contribution in [0.4, 0.5) is 0 Å². The zero-order valence-electron chi connectivity index (χ0n) is 9.92. The number of allylic oxidation sites excluding steroid dienone is 3. The predicted octanol–water partition coefficient (Wildman–Crippen LogP) is 3.31. The van der Waals surface area contributed by atoms with E-state index in [2.05, 4.69) is 31.4 Å². The number of aliphatic hydroxyl groups excluding tert-OH is 1. The van der Waals surface area contributed by atoms with Gasteiger partial charge in [0.1, 0.15) is 0 Å². The van der Waals surface area contributed by atoms with E-state index in [9.17, 15) is 0 Å². The fourth-order valence-electron chi connectivity index (χ4n) is 1.51. The summed E-state index contributed by atoms with van der Waals surface area (Å²) in [7, 11) is 0. The number of unbranched alkanes of at least 4 members (excludes halogenated alkanes) is 1. The minimum absolute atomic E-state index is 0.242. The first-order valence-corrected chi connectivity index (χ1v) is 5.51. The lowest BCUT2D eigenvalue weighted by atomic mass is 9.97. The Bertz CT molecular complexity index is 252. The second-order valence-electron chi connectivity index (χ2n) is 3.79. The van der Waals surface area contributed by atoms with Gasteiger partial charge in [-0.25, -0.2) is 0 Å². The Balaban J connectivity index is 3.89. The molecule has 0 rings (SSSR count). The van der Waals surface area contributed by atoms with E-state index in [1.165, 1.54) is 5.57 Å². The molecule has 0 aromatic heterocycles. The van der Waals surface area contributed by atoms with Crippen LogP contribution in [0.5, 0.6) is 0 Å². The molecule has 15 heavy (non-hydrogen) atoms. The topological polar surface area (TPSA) is 20.2 Å². The number of hydrogen-bond donors (Lipinski definition) is 1. The second-order valence-corrected chi connectivity index (χ2v) is 3.79. The summed E-state index contributed by atoms with van der Waals surface area (Å²) < 4.78 is 0. The minimum Gasteiger partial charge on any atom is -0.396 e. The van der Waals surface area contributed by atoms with E-state index in [1.807, 2.05) is 13.0 Å². The average molecular weight is 206 g/mol. The average Bonchev–Trinajstić information content (AvgIpc) is 2.24. The van der Waals surface area contributed by atoms with Crippen LogP contribution in [0, 0.1) is 17.8 Å². The van der Waals surface area contributed by atoms with E-state index in [4.69, 9.17) is 5.11 Å². The smallest absolute Gasteiger partial charge is 0.0465 e. The Morgan fingerprint density at radius 2 is 2.27 bits per heavy atom. The van der Waals surface area contributed by atoms with Crippen LogP contribution in [0.2, 0.25) is 0 Å². The van der Waals surface area contributed by atoms with E-state index in [0.29, 0.717) is 5.92 Å². The lowest BCUT2D eigenvalue weighted by Gasteiger charge is -2.11. The van der Waals surface area contributed by atoms with Crippen LogP contribution in [0.15, 0.2) is 24.3 Å². The molecule has 1 heteroatoms. The summed E-state index contributed by atoms with van der Waals surface area (Å²) in [6.45, 7) is 7.92. The third-order valence-corrected chi connectivity index (χ3v) is 2.31. The van der Waals surface area contributed by atoms with E-state index < -0.39 is 0 Å². The lowest BCUT2D eigenvalue weighted by Crippen LogP contribution is -2.05.